The number of nitrogens with one attached hydrogen (secondary N) is 1. The number of hydrogen-bond donors (Lipinski definition) is 2. The van der Waals surface area contributed by atoms with Crippen LogP contribution in [-0.2, 0) is 19.1 Å². The van der Waals surface area contributed by atoms with Gasteiger partial charge in [0.15, 0.2) is 0 Å². The Hall–Kier alpha value is -4.98. The molecule has 4 rings (SSSR count). The Bertz CT molecular complexity index is 1400. The molecule has 4 aromatic carbocycles. The Morgan fingerprint density at radius 3 is 1.69 bits per heavy atom. The van der Waals surface area contributed by atoms with Gasteiger partial charge in [-0.3, -0.25) is 4.79 Å². The highest BCUT2D eigenvalue weighted by Crippen LogP contribution is 2.24. The Kier molecular flexibility index (Phi) is 7.36. The van der Waals surface area contributed by atoms with Gasteiger partial charge in [0.2, 0.25) is 12.2 Å². The third-order valence-electron chi connectivity index (χ3n) is 5.31. The summed E-state index contributed by atoms with van der Waals surface area (Å²) in [7, 11) is 0. The second kappa shape index (κ2) is 11.0. The van der Waals surface area contributed by atoms with E-state index in [1.807, 2.05) is 18.2 Å². The van der Waals surface area contributed by atoms with Crippen LogP contribution in [-0.4, -0.2) is 41.1 Å². The van der Waals surface area contributed by atoms with Gasteiger partial charge in [-0.15, -0.1) is 0 Å². The number of fused-ring (bicyclic) bond motifs is 1. The van der Waals surface area contributed by atoms with Crippen molar-refractivity contribution < 1.29 is 33.8 Å². The van der Waals surface area contributed by atoms with Crippen LogP contribution in [0.3, 0.4) is 0 Å². The minimum atomic E-state index is -2.11. The van der Waals surface area contributed by atoms with Gasteiger partial charge in [0.25, 0.3) is 5.91 Å². The molecule has 180 valence electrons. The summed E-state index contributed by atoms with van der Waals surface area (Å²) in [5, 5.41) is 14.0. The van der Waals surface area contributed by atoms with E-state index in [-0.39, 0.29) is 11.1 Å². The Morgan fingerprint density at radius 2 is 1.11 bits per heavy atom. The van der Waals surface area contributed by atoms with Gasteiger partial charge < -0.3 is 19.9 Å². The van der Waals surface area contributed by atoms with E-state index in [0.717, 1.165) is 5.39 Å². The molecule has 0 saturated heterocycles. The fourth-order valence-corrected chi connectivity index (χ4v) is 3.55. The molecule has 0 bridgehead atoms. The summed E-state index contributed by atoms with van der Waals surface area (Å²) >= 11 is 0. The van der Waals surface area contributed by atoms with E-state index in [1.54, 1.807) is 60.7 Å². The highest BCUT2D eigenvalue weighted by Gasteiger charge is 2.41. The lowest BCUT2D eigenvalue weighted by Crippen LogP contribution is -2.48. The van der Waals surface area contributed by atoms with Crippen LogP contribution in [0.4, 0.5) is 5.69 Å². The molecule has 8 nitrogen and oxygen atoms in total. The molecule has 0 aromatic heterocycles. The first-order chi connectivity index (χ1) is 17.4. The second-order valence-corrected chi connectivity index (χ2v) is 7.74. The molecule has 0 aliphatic carbocycles. The molecule has 0 aliphatic heterocycles. The zero-order valence-corrected chi connectivity index (χ0v) is 18.9. The summed E-state index contributed by atoms with van der Waals surface area (Å²) in [6.07, 6.45) is -4.10. The van der Waals surface area contributed by atoms with Crippen LogP contribution in [0.1, 0.15) is 20.7 Å². The molecule has 4 aromatic rings. The number of rotatable bonds is 8. The molecular weight excluding hydrogens is 462 g/mol. The van der Waals surface area contributed by atoms with Crippen LogP contribution < -0.4 is 5.32 Å². The molecule has 0 aliphatic rings. The maximum absolute atomic E-state index is 13.3. The van der Waals surface area contributed by atoms with Crippen molar-refractivity contribution in [3.8, 4) is 0 Å². The first-order valence-electron chi connectivity index (χ1n) is 11.0. The van der Waals surface area contributed by atoms with E-state index < -0.39 is 36.0 Å². The molecule has 0 heterocycles. The predicted molar refractivity (Wildman–Crippen MR) is 132 cm³/mol. The fraction of sp³-hybridized carbons (Fsp3) is 0.0714. The van der Waals surface area contributed by atoms with Gasteiger partial charge in [0, 0.05) is 11.1 Å². The molecule has 8 heteroatoms. The standard InChI is InChI=1S/C28H21NO7/c30-25(29-22-17-9-15-18-10-7-8-16-21(18)22)23(35-27(33)19-11-3-1-4-12-19)24(26(31)32)36-28(34)20-13-5-2-6-14-20/h1-17,23-24H,(H,29,30)(H,31,32)/t23-,24-/m1/s1. The van der Waals surface area contributed by atoms with Crippen molar-refractivity contribution in [2.45, 2.75) is 12.2 Å². The normalized spacial score (nSPS) is 12.2. The molecule has 0 unspecified atom stereocenters. The molecule has 0 fully saturated rings. The molecule has 0 radical (unpaired) electrons. The van der Waals surface area contributed by atoms with Crippen molar-refractivity contribution >= 4 is 40.3 Å². The Balaban J connectivity index is 1.66. The number of anilines is 1. The summed E-state index contributed by atoms with van der Waals surface area (Å²) in [5.74, 6) is -4.56. The molecule has 2 N–H and O–H groups in total. The van der Waals surface area contributed by atoms with E-state index >= 15 is 0 Å². The largest absolute Gasteiger partial charge is 0.478 e. The number of carbonyl (C=O) groups is 4. The number of ether oxygens (including phenoxy) is 2. The van der Waals surface area contributed by atoms with Crippen LogP contribution in [0.2, 0.25) is 0 Å². The zero-order valence-electron chi connectivity index (χ0n) is 18.9. The topological polar surface area (TPSA) is 119 Å². The molecule has 36 heavy (non-hydrogen) atoms. The maximum atomic E-state index is 13.3. The lowest BCUT2D eigenvalue weighted by Gasteiger charge is -2.24. The van der Waals surface area contributed by atoms with Crippen molar-refractivity contribution in [2.24, 2.45) is 0 Å². The minimum absolute atomic E-state index is 0.0753. The predicted octanol–water partition coefficient (Wildman–Crippen LogP) is 4.31. The van der Waals surface area contributed by atoms with Gasteiger partial charge in [-0.05, 0) is 35.7 Å². The van der Waals surface area contributed by atoms with Crippen molar-refractivity contribution in [3.05, 3.63) is 114 Å². The first kappa shape index (κ1) is 24.2. The molecule has 2 atom stereocenters. The smallest absolute Gasteiger partial charge is 0.349 e. The minimum Gasteiger partial charge on any atom is -0.478 e. The summed E-state index contributed by atoms with van der Waals surface area (Å²) in [6.45, 7) is 0. The van der Waals surface area contributed by atoms with E-state index in [4.69, 9.17) is 9.47 Å². The highest BCUT2D eigenvalue weighted by molar-refractivity contribution is 6.06. The number of carbonyl (C=O) groups excluding carboxylic acids is 3. The van der Waals surface area contributed by atoms with Crippen LogP contribution in [0.5, 0.6) is 0 Å². The zero-order chi connectivity index (χ0) is 25.5. The third-order valence-corrected chi connectivity index (χ3v) is 5.31. The molecule has 0 saturated carbocycles. The summed E-state index contributed by atoms with van der Waals surface area (Å²) in [4.78, 5) is 50.9. The van der Waals surface area contributed by atoms with E-state index in [2.05, 4.69) is 5.32 Å². The van der Waals surface area contributed by atoms with Crippen LogP contribution in [0.15, 0.2) is 103 Å². The Morgan fingerprint density at radius 1 is 0.611 bits per heavy atom. The number of aliphatic carboxylic acids is 1. The maximum Gasteiger partial charge on any atom is 0.349 e. The number of benzene rings is 4. The van der Waals surface area contributed by atoms with E-state index in [1.165, 1.54) is 24.3 Å². The highest BCUT2D eigenvalue weighted by atomic mass is 16.6. The first-order valence-corrected chi connectivity index (χ1v) is 11.0. The second-order valence-electron chi connectivity index (χ2n) is 7.74. The molecule has 1 amide bonds. The lowest BCUT2D eigenvalue weighted by atomic mass is 10.1. The third kappa shape index (κ3) is 5.56. The van der Waals surface area contributed by atoms with Gasteiger partial charge >= 0.3 is 17.9 Å². The number of hydrogen-bond acceptors (Lipinski definition) is 6. The van der Waals surface area contributed by atoms with Gasteiger partial charge in [-0.25, -0.2) is 14.4 Å². The van der Waals surface area contributed by atoms with Gasteiger partial charge in [0.05, 0.1) is 11.1 Å². The van der Waals surface area contributed by atoms with Crippen molar-refractivity contribution in [3.63, 3.8) is 0 Å². The lowest BCUT2D eigenvalue weighted by molar-refractivity contribution is -0.157. The van der Waals surface area contributed by atoms with Crippen LogP contribution in [0, 0.1) is 0 Å². The van der Waals surface area contributed by atoms with Gasteiger partial charge in [0.1, 0.15) is 0 Å². The average molecular weight is 483 g/mol. The van der Waals surface area contributed by atoms with E-state index in [9.17, 15) is 24.3 Å². The quantitative estimate of drug-likeness (QED) is 0.358. The monoisotopic (exact) mass is 483 g/mol. The summed E-state index contributed by atoms with van der Waals surface area (Å²) in [6, 6.07) is 27.9. The molecular formula is C28H21NO7. The number of carboxylic acid groups (broad SMARTS) is 1. The fourth-order valence-electron chi connectivity index (χ4n) is 3.55. The summed E-state index contributed by atoms with van der Waals surface area (Å²) in [5.41, 5.74) is 0.544. The average Bonchev–Trinajstić information content (AvgIpc) is 2.91. The van der Waals surface area contributed by atoms with Gasteiger partial charge in [-0.1, -0.05) is 72.8 Å². The SMILES string of the molecule is O=C(O[C@@H](C(=O)O)[C@@H](OC(=O)c1ccccc1)C(=O)Nc1cccc2ccccc12)c1ccccc1. The van der Waals surface area contributed by atoms with E-state index in [0.29, 0.717) is 11.1 Å². The summed E-state index contributed by atoms with van der Waals surface area (Å²) < 4.78 is 10.5. The number of esters is 2. The van der Waals surface area contributed by atoms with Crippen molar-refractivity contribution in [2.75, 3.05) is 5.32 Å². The van der Waals surface area contributed by atoms with Crippen molar-refractivity contribution in [1.29, 1.82) is 0 Å². The Labute approximate surface area is 206 Å². The number of amides is 1. The number of carboxylic acids is 1. The van der Waals surface area contributed by atoms with Crippen LogP contribution >= 0.6 is 0 Å². The van der Waals surface area contributed by atoms with Crippen molar-refractivity contribution in [1.82, 2.24) is 0 Å². The van der Waals surface area contributed by atoms with Gasteiger partial charge in [-0.2, -0.15) is 0 Å². The molecule has 0 spiro atoms. The van der Waals surface area contributed by atoms with Crippen LogP contribution in [0.25, 0.3) is 10.8 Å².